The number of hydrogen-bond donors (Lipinski definition) is 2. The second-order valence-corrected chi connectivity index (χ2v) is 11.3. The van der Waals surface area contributed by atoms with Crippen molar-refractivity contribution in [2.75, 3.05) is 49.9 Å². The van der Waals surface area contributed by atoms with Gasteiger partial charge in [0.15, 0.2) is 0 Å². The van der Waals surface area contributed by atoms with E-state index in [1.807, 2.05) is 35.2 Å². The molecule has 0 spiro atoms. The summed E-state index contributed by atoms with van der Waals surface area (Å²) in [5.41, 5.74) is 1.57. The first-order valence-corrected chi connectivity index (χ1v) is 13.0. The lowest BCUT2D eigenvalue weighted by molar-refractivity contribution is -0.120. The van der Waals surface area contributed by atoms with E-state index in [4.69, 9.17) is 0 Å². The second-order valence-electron chi connectivity index (χ2n) is 9.25. The van der Waals surface area contributed by atoms with Crippen LogP contribution >= 0.6 is 0 Å². The van der Waals surface area contributed by atoms with Gasteiger partial charge in [0, 0.05) is 44.5 Å². The summed E-state index contributed by atoms with van der Waals surface area (Å²) in [6.07, 6.45) is 1.71. The van der Waals surface area contributed by atoms with Crippen LogP contribution < -0.4 is 15.5 Å². The second kappa shape index (κ2) is 11.0. The lowest BCUT2D eigenvalue weighted by atomic mass is 9.87. The smallest absolute Gasteiger partial charge is 0.251 e. The number of nitrogens with one attached hydrogen (secondary N) is 2. The summed E-state index contributed by atoms with van der Waals surface area (Å²) in [7, 11) is -3.49. The Morgan fingerprint density at radius 1 is 0.971 bits per heavy atom. The number of anilines is 1. The van der Waals surface area contributed by atoms with Crippen LogP contribution in [0.3, 0.4) is 0 Å². The minimum absolute atomic E-state index is 0.0120. The normalized spacial score (nSPS) is 15.1. The third-order valence-electron chi connectivity index (χ3n) is 5.71. The minimum atomic E-state index is -3.49. The number of aromatic nitrogens is 1. The van der Waals surface area contributed by atoms with Gasteiger partial charge in [-0.1, -0.05) is 39.0 Å². The Kier molecular flexibility index (Phi) is 8.27. The van der Waals surface area contributed by atoms with Crippen molar-refractivity contribution in [1.29, 1.82) is 0 Å². The molecule has 184 valence electrons. The van der Waals surface area contributed by atoms with Gasteiger partial charge in [-0.3, -0.25) is 9.59 Å². The molecule has 9 nitrogen and oxygen atoms in total. The Morgan fingerprint density at radius 3 is 2.24 bits per heavy atom. The average Bonchev–Trinajstić information content (AvgIpc) is 2.82. The van der Waals surface area contributed by atoms with Crippen LogP contribution in [-0.2, 0) is 20.2 Å². The minimum Gasteiger partial charge on any atom is -0.354 e. The summed E-state index contributed by atoms with van der Waals surface area (Å²) in [6, 6.07) is 12.9. The summed E-state index contributed by atoms with van der Waals surface area (Å²) in [6.45, 7) is 7.91. The van der Waals surface area contributed by atoms with Gasteiger partial charge in [-0.15, -0.1) is 0 Å². The zero-order valence-corrected chi connectivity index (χ0v) is 20.8. The van der Waals surface area contributed by atoms with Gasteiger partial charge < -0.3 is 15.5 Å². The maximum Gasteiger partial charge on any atom is 0.251 e. The molecule has 0 atom stereocenters. The van der Waals surface area contributed by atoms with Crippen LogP contribution in [0.2, 0.25) is 0 Å². The maximum atomic E-state index is 12.6. The van der Waals surface area contributed by atoms with Gasteiger partial charge in [0.2, 0.25) is 15.9 Å². The van der Waals surface area contributed by atoms with E-state index in [0.29, 0.717) is 31.7 Å². The molecular weight excluding hydrogens is 454 g/mol. The summed E-state index contributed by atoms with van der Waals surface area (Å²) >= 11 is 0. The summed E-state index contributed by atoms with van der Waals surface area (Å²) in [5, 5.41) is 5.13. The van der Waals surface area contributed by atoms with E-state index in [1.54, 1.807) is 18.3 Å². The van der Waals surface area contributed by atoms with E-state index < -0.39 is 15.9 Å². The van der Waals surface area contributed by atoms with Crippen LogP contribution in [0.15, 0.2) is 48.7 Å². The van der Waals surface area contributed by atoms with Crippen LogP contribution in [0, 0.1) is 0 Å². The lowest BCUT2D eigenvalue weighted by Gasteiger charge is -2.34. The van der Waals surface area contributed by atoms with Crippen LogP contribution in [0.5, 0.6) is 0 Å². The van der Waals surface area contributed by atoms with Crippen LogP contribution in [0.1, 0.15) is 36.7 Å². The van der Waals surface area contributed by atoms with E-state index in [9.17, 15) is 18.0 Å². The van der Waals surface area contributed by atoms with Crippen molar-refractivity contribution in [1.82, 2.24) is 19.9 Å². The molecule has 2 heterocycles. The van der Waals surface area contributed by atoms with Crippen molar-refractivity contribution in [3.8, 4) is 0 Å². The number of carbonyl (C=O) groups excluding carboxylic acids is 2. The number of sulfonamides is 1. The highest BCUT2D eigenvalue weighted by Gasteiger charge is 2.27. The number of amides is 2. The number of hydrogen-bond acceptors (Lipinski definition) is 6. The topological polar surface area (TPSA) is 112 Å². The molecule has 0 aliphatic carbocycles. The number of piperazine rings is 1. The fraction of sp³-hybridized carbons (Fsp3) is 0.458. The van der Waals surface area contributed by atoms with Gasteiger partial charge >= 0.3 is 0 Å². The first-order chi connectivity index (χ1) is 16.1. The van der Waals surface area contributed by atoms with E-state index in [-0.39, 0.29) is 30.2 Å². The predicted molar refractivity (Wildman–Crippen MR) is 132 cm³/mol. The molecule has 2 amide bonds. The Balaban J connectivity index is 1.38. The van der Waals surface area contributed by atoms with Crippen molar-refractivity contribution in [2.24, 2.45) is 0 Å². The van der Waals surface area contributed by atoms with Gasteiger partial charge in [0.1, 0.15) is 5.82 Å². The SMILES string of the molecule is CC(C)(C)c1ccc(C(=O)NCC(=O)NCCS(=O)(=O)N2CCN(c3ccccn3)CC2)cc1. The third-order valence-corrected chi connectivity index (χ3v) is 7.58. The lowest BCUT2D eigenvalue weighted by Crippen LogP contribution is -2.50. The monoisotopic (exact) mass is 487 g/mol. The van der Waals surface area contributed by atoms with E-state index in [1.165, 1.54) is 4.31 Å². The molecule has 1 saturated heterocycles. The predicted octanol–water partition coefficient (Wildman–Crippen LogP) is 1.38. The molecule has 2 aromatic rings. The molecule has 0 saturated carbocycles. The molecule has 1 aliphatic heterocycles. The van der Waals surface area contributed by atoms with E-state index >= 15 is 0 Å². The molecule has 0 bridgehead atoms. The van der Waals surface area contributed by atoms with Gasteiger partial charge in [0.25, 0.3) is 5.91 Å². The van der Waals surface area contributed by atoms with Crippen molar-refractivity contribution in [3.05, 3.63) is 59.8 Å². The molecule has 1 fully saturated rings. The molecule has 3 rings (SSSR count). The number of pyridine rings is 1. The highest BCUT2D eigenvalue weighted by atomic mass is 32.2. The van der Waals surface area contributed by atoms with Crippen molar-refractivity contribution in [2.45, 2.75) is 26.2 Å². The van der Waals surface area contributed by atoms with Crippen LogP contribution in [-0.4, -0.2) is 74.5 Å². The fourth-order valence-corrected chi connectivity index (χ4v) is 4.97. The molecule has 1 aromatic carbocycles. The Hall–Kier alpha value is -2.98. The molecule has 1 aliphatic rings. The largest absolute Gasteiger partial charge is 0.354 e. The molecule has 0 radical (unpaired) electrons. The zero-order valence-electron chi connectivity index (χ0n) is 20.0. The van der Waals surface area contributed by atoms with E-state index in [2.05, 4.69) is 36.4 Å². The first kappa shape index (κ1) is 25.6. The molecule has 10 heteroatoms. The molecular formula is C24H33N5O4S. The number of nitrogens with zero attached hydrogens (tertiary/aromatic N) is 3. The molecule has 34 heavy (non-hydrogen) atoms. The fourth-order valence-electron chi connectivity index (χ4n) is 3.63. The molecule has 2 N–H and O–H groups in total. The van der Waals surface area contributed by atoms with Gasteiger partial charge in [-0.05, 0) is 35.2 Å². The highest BCUT2D eigenvalue weighted by Crippen LogP contribution is 2.22. The van der Waals surface area contributed by atoms with Gasteiger partial charge in [-0.25, -0.2) is 13.4 Å². The van der Waals surface area contributed by atoms with Gasteiger partial charge in [-0.2, -0.15) is 4.31 Å². The third kappa shape index (κ3) is 7.01. The molecule has 0 unspecified atom stereocenters. The first-order valence-electron chi connectivity index (χ1n) is 11.4. The van der Waals surface area contributed by atoms with Crippen molar-refractivity contribution < 1.29 is 18.0 Å². The highest BCUT2D eigenvalue weighted by molar-refractivity contribution is 7.89. The Bertz CT molecular complexity index is 1070. The summed E-state index contributed by atoms with van der Waals surface area (Å²) in [4.78, 5) is 30.7. The average molecular weight is 488 g/mol. The van der Waals surface area contributed by atoms with Crippen molar-refractivity contribution in [3.63, 3.8) is 0 Å². The number of rotatable bonds is 8. The summed E-state index contributed by atoms with van der Waals surface area (Å²) < 4.78 is 26.7. The standard InChI is InChI=1S/C24H33N5O4S/c1-24(2,3)20-9-7-19(8-10-20)23(31)27-18-22(30)26-12-17-34(32,33)29-15-13-28(14-16-29)21-6-4-5-11-25-21/h4-11H,12-18H2,1-3H3,(H,26,30)(H,27,31). The Morgan fingerprint density at radius 2 is 1.65 bits per heavy atom. The Labute approximate surface area is 201 Å². The summed E-state index contributed by atoms with van der Waals surface area (Å²) in [5.74, 6) is -0.146. The van der Waals surface area contributed by atoms with E-state index in [0.717, 1.165) is 11.4 Å². The maximum absolute atomic E-state index is 12.6. The molecule has 1 aromatic heterocycles. The van der Waals surface area contributed by atoms with Crippen LogP contribution in [0.4, 0.5) is 5.82 Å². The van der Waals surface area contributed by atoms with Crippen LogP contribution in [0.25, 0.3) is 0 Å². The quantitative estimate of drug-likeness (QED) is 0.582. The number of benzene rings is 1. The van der Waals surface area contributed by atoms with Crippen molar-refractivity contribution >= 4 is 27.7 Å². The number of carbonyl (C=O) groups is 2. The van der Waals surface area contributed by atoms with Gasteiger partial charge in [0.05, 0.1) is 12.3 Å². The zero-order chi connectivity index (χ0) is 24.8.